The summed E-state index contributed by atoms with van der Waals surface area (Å²) in [6, 6.07) is 5.96. The van der Waals surface area contributed by atoms with E-state index in [0.717, 1.165) is 40.6 Å². The molecule has 25 heavy (non-hydrogen) atoms. The number of pyridine rings is 1. The zero-order valence-corrected chi connectivity index (χ0v) is 14.5. The van der Waals surface area contributed by atoms with Crippen LogP contribution >= 0.6 is 0 Å². The van der Waals surface area contributed by atoms with Crippen molar-refractivity contribution < 1.29 is 19.4 Å². The second-order valence-corrected chi connectivity index (χ2v) is 6.55. The number of benzene rings is 1. The summed E-state index contributed by atoms with van der Waals surface area (Å²) in [5.41, 5.74) is 4.63. The van der Waals surface area contributed by atoms with E-state index in [1.54, 1.807) is 0 Å². The minimum absolute atomic E-state index is 0.161. The second kappa shape index (κ2) is 7.19. The standard InChI is InChI=1S/C19H22N2O4/c1-11-7-12(2)18-14(8-11)15(9-16(21-18)13-3-4-13)19(24)20-5-6-25-10-17(22)23/h7-9,13H,3-6,10H2,1-2H3,(H,20,24)(H,22,23). The molecule has 0 atom stereocenters. The molecule has 6 nitrogen and oxygen atoms in total. The zero-order valence-electron chi connectivity index (χ0n) is 14.5. The molecule has 1 aliphatic carbocycles. The van der Waals surface area contributed by atoms with Crippen molar-refractivity contribution >= 4 is 22.8 Å². The Kier molecular flexibility index (Phi) is 4.99. The van der Waals surface area contributed by atoms with Crippen LogP contribution in [0.4, 0.5) is 0 Å². The fourth-order valence-corrected chi connectivity index (χ4v) is 2.97. The molecule has 0 spiro atoms. The molecule has 2 aromatic rings. The van der Waals surface area contributed by atoms with Crippen LogP contribution in [-0.2, 0) is 9.53 Å². The van der Waals surface area contributed by atoms with Gasteiger partial charge in [-0.3, -0.25) is 9.78 Å². The molecule has 6 heteroatoms. The normalized spacial score (nSPS) is 13.8. The Hall–Kier alpha value is -2.47. The number of carboxylic acids is 1. The SMILES string of the molecule is Cc1cc(C)c2nc(C3CC3)cc(C(=O)NCCOCC(=O)O)c2c1. The lowest BCUT2D eigenvalue weighted by molar-refractivity contribution is -0.142. The van der Waals surface area contributed by atoms with Crippen molar-refractivity contribution in [1.29, 1.82) is 0 Å². The third-order valence-corrected chi connectivity index (χ3v) is 4.27. The molecule has 3 rings (SSSR count). The Morgan fingerprint density at radius 3 is 2.72 bits per heavy atom. The smallest absolute Gasteiger partial charge is 0.329 e. The number of amides is 1. The first-order valence-electron chi connectivity index (χ1n) is 8.45. The predicted octanol–water partition coefficient (Wildman–Crippen LogP) is 2.56. The van der Waals surface area contributed by atoms with Gasteiger partial charge in [0.15, 0.2) is 0 Å². The number of aromatic nitrogens is 1. The number of rotatable bonds is 7. The third-order valence-electron chi connectivity index (χ3n) is 4.27. The van der Waals surface area contributed by atoms with Gasteiger partial charge >= 0.3 is 5.97 Å². The van der Waals surface area contributed by atoms with E-state index < -0.39 is 5.97 Å². The summed E-state index contributed by atoms with van der Waals surface area (Å²) in [6.45, 7) is 4.08. The van der Waals surface area contributed by atoms with Crippen LogP contribution in [-0.4, -0.2) is 41.7 Å². The van der Waals surface area contributed by atoms with E-state index in [-0.39, 0.29) is 25.7 Å². The van der Waals surface area contributed by atoms with Crippen molar-refractivity contribution in [2.24, 2.45) is 0 Å². The van der Waals surface area contributed by atoms with Crippen LogP contribution in [0.25, 0.3) is 10.9 Å². The summed E-state index contributed by atoms with van der Waals surface area (Å²) in [4.78, 5) is 27.9. The lowest BCUT2D eigenvalue weighted by Crippen LogP contribution is -2.28. The van der Waals surface area contributed by atoms with Crippen molar-refractivity contribution in [1.82, 2.24) is 10.3 Å². The van der Waals surface area contributed by atoms with Crippen molar-refractivity contribution in [3.05, 3.63) is 40.6 Å². The largest absolute Gasteiger partial charge is 0.480 e. The molecule has 1 aromatic heterocycles. The molecule has 0 saturated heterocycles. The Morgan fingerprint density at radius 1 is 1.28 bits per heavy atom. The first kappa shape index (κ1) is 17.4. The van der Waals surface area contributed by atoms with Gasteiger partial charge in [0, 0.05) is 23.5 Å². The van der Waals surface area contributed by atoms with E-state index in [1.807, 2.05) is 26.0 Å². The fraction of sp³-hybridized carbons (Fsp3) is 0.421. The molecular formula is C19H22N2O4. The molecule has 0 radical (unpaired) electrons. The van der Waals surface area contributed by atoms with Gasteiger partial charge < -0.3 is 15.2 Å². The number of nitrogens with zero attached hydrogens (tertiary/aromatic N) is 1. The number of ether oxygens (including phenoxy) is 1. The Labute approximate surface area is 146 Å². The van der Waals surface area contributed by atoms with E-state index in [1.165, 1.54) is 0 Å². The molecule has 1 heterocycles. The Bertz CT molecular complexity index is 828. The number of hydrogen-bond acceptors (Lipinski definition) is 4. The van der Waals surface area contributed by atoms with Crippen LogP contribution < -0.4 is 5.32 Å². The van der Waals surface area contributed by atoms with Crippen LogP contribution in [0.1, 0.15) is 45.9 Å². The summed E-state index contributed by atoms with van der Waals surface area (Å²) in [5, 5.41) is 12.2. The molecular weight excluding hydrogens is 320 g/mol. The second-order valence-electron chi connectivity index (χ2n) is 6.55. The minimum atomic E-state index is -1.02. The summed E-state index contributed by atoms with van der Waals surface area (Å²) < 4.78 is 4.95. The van der Waals surface area contributed by atoms with Crippen molar-refractivity contribution in [3.8, 4) is 0 Å². The number of carboxylic acid groups (broad SMARTS) is 1. The zero-order chi connectivity index (χ0) is 18.0. The van der Waals surface area contributed by atoms with Gasteiger partial charge in [0.25, 0.3) is 5.91 Å². The van der Waals surface area contributed by atoms with Gasteiger partial charge in [-0.1, -0.05) is 11.6 Å². The highest BCUT2D eigenvalue weighted by atomic mass is 16.5. The van der Waals surface area contributed by atoms with Crippen LogP contribution in [0.3, 0.4) is 0 Å². The molecule has 132 valence electrons. The lowest BCUT2D eigenvalue weighted by Gasteiger charge is -2.12. The van der Waals surface area contributed by atoms with E-state index in [0.29, 0.717) is 11.5 Å². The van der Waals surface area contributed by atoms with E-state index >= 15 is 0 Å². The molecule has 1 aliphatic rings. The number of fused-ring (bicyclic) bond motifs is 1. The number of aliphatic carboxylic acids is 1. The summed E-state index contributed by atoms with van der Waals surface area (Å²) in [7, 11) is 0. The van der Waals surface area contributed by atoms with Crippen LogP contribution in [0, 0.1) is 13.8 Å². The van der Waals surface area contributed by atoms with Crippen LogP contribution in [0.2, 0.25) is 0 Å². The molecule has 1 fully saturated rings. The number of hydrogen-bond donors (Lipinski definition) is 2. The molecule has 1 aromatic carbocycles. The number of carbonyl (C=O) groups is 2. The highest BCUT2D eigenvalue weighted by Gasteiger charge is 2.27. The maximum atomic E-state index is 12.7. The van der Waals surface area contributed by atoms with Gasteiger partial charge in [-0.2, -0.15) is 0 Å². The summed E-state index contributed by atoms with van der Waals surface area (Å²) in [5.74, 6) is -0.750. The molecule has 2 N–H and O–H groups in total. The highest BCUT2D eigenvalue weighted by molar-refractivity contribution is 6.07. The average molecular weight is 342 g/mol. The van der Waals surface area contributed by atoms with Gasteiger partial charge in [0.2, 0.25) is 0 Å². The monoisotopic (exact) mass is 342 g/mol. The molecule has 1 amide bonds. The molecule has 0 unspecified atom stereocenters. The highest BCUT2D eigenvalue weighted by Crippen LogP contribution is 2.40. The summed E-state index contributed by atoms with van der Waals surface area (Å²) in [6.07, 6.45) is 2.24. The first-order chi connectivity index (χ1) is 12.0. The number of nitrogens with one attached hydrogen (secondary N) is 1. The third kappa shape index (κ3) is 4.14. The molecule has 0 bridgehead atoms. The molecule has 0 aliphatic heterocycles. The lowest BCUT2D eigenvalue weighted by atomic mass is 10.00. The quantitative estimate of drug-likeness (QED) is 0.755. The van der Waals surface area contributed by atoms with Crippen molar-refractivity contribution in [2.45, 2.75) is 32.6 Å². The van der Waals surface area contributed by atoms with E-state index in [9.17, 15) is 9.59 Å². The van der Waals surface area contributed by atoms with Gasteiger partial charge in [0.1, 0.15) is 6.61 Å². The summed E-state index contributed by atoms with van der Waals surface area (Å²) >= 11 is 0. The Balaban J connectivity index is 1.83. The van der Waals surface area contributed by atoms with Crippen molar-refractivity contribution in [2.75, 3.05) is 19.8 Å². The predicted molar refractivity (Wildman–Crippen MR) is 94.0 cm³/mol. The van der Waals surface area contributed by atoms with Gasteiger partial charge in [-0.05, 0) is 44.4 Å². The van der Waals surface area contributed by atoms with Crippen LogP contribution in [0.5, 0.6) is 0 Å². The Morgan fingerprint density at radius 2 is 2.04 bits per heavy atom. The van der Waals surface area contributed by atoms with E-state index in [2.05, 4.69) is 11.4 Å². The van der Waals surface area contributed by atoms with Gasteiger partial charge in [-0.15, -0.1) is 0 Å². The number of carbonyl (C=O) groups excluding carboxylic acids is 1. The van der Waals surface area contributed by atoms with E-state index in [4.69, 9.17) is 14.8 Å². The maximum absolute atomic E-state index is 12.7. The maximum Gasteiger partial charge on any atom is 0.329 e. The van der Waals surface area contributed by atoms with Crippen molar-refractivity contribution in [3.63, 3.8) is 0 Å². The van der Waals surface area contributed by atoms with Crippen LogP contribution in [0.15, 0.2) is 18.2 Å². The number of aryl methyl sites for hydroxylation is 2. The first-order valence-corrected chi connectivity index (χ1v) is 8.45. The molecule has 1 saturated carbocycles. The topological polar surface area (TPSA) is 88.5 Å². The average Bonchev–Trinajstić information content (AvgIpc) is 3.38. The van der Waals surface area contributed by atoms with Gasteiger partial charge in [-0.25, -0.2) is 4.79 Å². The van der Waals surface area contributed by atoms with Gasteiger partial charge in [0.05, 0.1) is 17.7 Å². The minimum Gasteiger partial charge on any atom is -0.480 e. The fourth-order valence-electron chi connectivity index (χ4n) is 2.97.